The summed E-state index contributed by atoms with van der Waals surface area (Å²) in [4.78, 5) is 11.7. The minimum absolute atomic E-state index is 0.0911. The molecule has 1 aliphatic heterocycles. The SMILES string of the molecule is CCc1cc(C2OC2C(=O)OC(C)C)ccc1C. The fourth-order valence-corrected chi connectivity index (χ4v) is 2.09. The van der Waals surface area contributed by atoms with Gasteiger partial charge in [-0.05, 0) is 43.9 Å². The highest BCUT2D eigenvalue weighted by atomic mass is 16.6. The van der Waals surface area contributed by atoms with Crippen LogP contribution in [0.2, 0.25) is 0 Å². The first kappa shape index (κ1) is 13.1. The van der Waals surface area contributed by atoms with Crippen LogP contribution in [0.1, 0.15) is 43.6 Å². The number of benzene rings is 1. The van der Waals surface area contributed by atoms with Crippen molar-refractivity contribution in [3.8, 4) is 0 Å². The lowest BCUT2D eigenvalue weighted by Crippen LogP contribution is -2.17. The van der Waals surface area contributed by atoms with Crippen LogP contribution in [-0.2, 0) is 20.7 Å². The van der Waals surface area contributed by atoms with Gasteiger partial charge in [-0.15, -0.1) is 0 Å². The molecule has 18 heavy (non-hydrogen) atoms. The van der Waals surface area contributed by atoms with Gasteiger partial charge in [0.1, 0.15) is 6.10 Å². The minimum Gasteiger partial charge on any atom is -0.461 e. The van der Waals surface area contributed by atoms with Gasteiger partial charge in [0.05, 0.1) is 6.10 Å². The number of epoxide rings is 1. The molecule has 1 aromatic carbocycles. The quantitative estimate of drug-likeness (QED) is 0.607. The highest BCUT2D eigenvalue weighted by Crippen LogP contribution is 2.40. The molecule has 0 spiro atoms. The molecule has 3 heteroatoms. The Bertz CT molecular complexity index is 451. The van der Waals surface area contributed by atoms with Gasteiger partial charge in [0.25, 0.3) is 0 Å². The first-order chi connectivity index (χ1) is 8.52. The van der Waals surface area contributed by atoms with E-state index in [9.17, 15) is 4.79 Å². The third-order valence-corrected chi connectivity index (χ3v) is 3.16. The topological polar surface area (TPSA) is 38.8 Å². The van der Waals surface area contributed by atoms with Crippen molar-refractivity contribution in [1.29, 1.82) is 0 Å². The van der Waals surface area contributed by atoms with Gasteiger partial charge in [-0.1, -0.05) is 25.1 Å². The second-order valence-electron chi connectivity index (χ2n) is 5.00. The van der Waals surface area contributed by atoms with Gasteiger partial charge in [-0.25, -0.2) is 4.79 Å². The molecule has 98 valence electrons. The van der Waals surface area contributed by atoms with Crippen molar-refractivity contribution in [2.75, 3.05) is 0 Å². The van der Waals surface area contributed by atoms with E-state index in [1.165, 1.54) is 11.1 Å². The Morgan fingerprint density at radius 3 is 2.78 bits per heavy atom. The molecule has 2 rings (SSSR count). The average molecular weight is 248 g/mol. The number of rotatable bonds is 4. The maximum Gasteiger partial charge on any atom is 0.338 e. The summed E-state index contributed by atoms with van der Waals surface area (Å²) in [5.74, 6) is -0.256. The summed E-state index contributed by atoms with van der Waals surface area (Å²) < 4.78 is 10.6. The molecule has 0 N–H and O–H groups in total. The lowest BCUT2D eigenvalue weighted by atomic mass is 10.0. The second-order valence-corrected chi connectivity index (χ2v) is 5.00. The van der Waals surface area contributed by atoms with Crippen LogP contribution in [0.15, 0.2) is 18.2 Å². The Hall–Kier alpha value is -1.35. The molecule has 2 unspecified atom stereocenters. The van der Waals surface area contributed by atoms with Crippen LogP contribution in [0.25, 0.3) is 0 Å². The molecule has 0 amide bonds. The number of aryl methyl sites for hydroxylation is 2. The number of carbonyl (C=O) groups excluding carboxylic acids is 1. The number of carbonyl (C=O) groups is 1. The molecule has 1 saturated heterocycles. The Kier molecular flexibility index (Phi) is 3.71. The zero-order chi connectivity index (χ0) is 13.3. The van der Waals surface area contributed by atoms with E-state index in [-0.39, 0.29) is 18.2 Å². The Labute approximate surface area is 108 Å². The fraction of sp³-hybridized carbons (Fsp3) is 0.533. The van der Waals surface area contributed by atoms with Crippen LogP contribution in [0, 0.1) is 6.92 Å². The van der Waals surface area contributed by atoms with E-state index in [2.05, 4.69) is 26.0 Å². The van der Waals surface area contributed by atoms with Crippen LogP contribution in [0.3, 0.4) is 0 Å². The molecule has 3 nitrogen and oxygen atoms in total. The highest BCUT2D eigenvalue weighted by molar-refractivity contribution is 5.78. The van der Waals surface area contributed by atoms with Crippen molar-refractivity contribution in [2.45, 2.75) is 52.4 Å². The van der Waals surface area contributed by atoms with Crippen LogP contribution >= 0.6 is 0 Å². The number of ether oxygens (including phenoxy) is 2. The van der Waals surface area contributed by atoms with Crippen molar-refractivity contribution in [1.82, 2.24) is 0 Å². The van der Waals surface area contributed by atoms with Crippen molar-refractivity contribution in [2.24, 2.45) is 0 Å². The molecule has 1 fully saturated rings. The summed E-state index contributed by atoms with van der Waals surface area (Å²) in [5, 5.41) is 0. The third-order valence-electron chi connectivity index (χ3n) is 3.16. The van der Waals surface area contributed by atoms with E-state index in [4.69, 9.17) is 9.47 Å². The lowest BCUT2D eigenvalue weighted by molar-refractivity contribution is -0.148. The van der Waals surface area contributed by atoms with Crippen molar-refractivity contribution in [3.63, 3.8) is 0 Å². The molecule has 0 aromatic heterocycles. The van der Waals surface area contributed by atoms with E-state index in [0.717, 1.165) is 12.0 Å². The van der Waals surface area contributed by atoms with E-state index in [1.54, 1.807) is 0 Å². The summed E-state index contributed by atoms with van der Waals surface area (Å²) in [6.07, 6.45) is 0.363. The van der Waals surface area contributed by atoms with E-state index >= 15 is 0 Å². The summed E-state index contributed by atoms with van der Waals surface area (Å²) in [7, 11) is 0. The largest absolute Gasteiger partial charge is 0.461 e. The summed E-state index contributed by atoms with van der Waals surface area (Å²) in [6, 6.07) is 6.24. The zero-order valence-electron chi connectivity index (χ0n) is 11.4. The predicted molar refractivity (Wildman–Crippen MR) is 69.4 cm³/mol. The molecule has 1 aliphatic rings. The minimum atomic E-state index is -0.417. The van der Waals surface area contributed by atoms with Crippen molar-refractivity contribution in [3.05, 3.63) is 34.9 Å². The van der Waals surface area contributed by atoms with Gasteiger partial charge < -0.3 is 9.47 Å². The highest BCUT2D eigenvalue weighted by Gasteiger charge is 2.47. The second kappa shape index (κ2) is 5.11. The Morgan fingerprint density at radius 1 is 1.44 bits per heavy atom. The van der Waals surface area contributed by atoms with Gasteiger partial charge in [0, 0.05) is 0 Å². The third kappa shape index (κ3) is 2.72. The van der Waals surface area contributed by atoms with Gasteiger partial charge in [0.15, 0.2) is 6.10 Å². The normalized spacial score (nSPS) is 22.1. The first-order valence-electron chi connectivity index (χ1n) is 6.48. The average Bonchev–Trinajstić information content (AvgIpc) is 3.09. The van der Waals surface area contributed by atoms with Crippen LogP contribution < -0.4 is 0 Å². The number of esters is 1. The molecule has 2 atom stereocenters. The molecule has 1 aromatic rings. The summed E-state index contributed by atoms with van der Waals surface area (Å²) in [5.41, 5.74) is 3.66. The monoisotopic (exact) mass is 248 g/mol. The van der Waals surface area contributed by atoms with Gasteiger partial charge in [0.2, 0.25) is 0 Å². The van der Waals surface area contributed by atoms with Crippen molar-refractivity contribution >= 4 is 5.97 Å². The van der Waals surface area contributed by atoms with Crippen molar-refractivity contribution < 1.29 is 14.3 Å². The maximum absolute atomic E-state index is 11.7. The molecular weight excluding hydrogens is 228 g/mol. The van der Waals surface area contributed by atoms with Gasteiger partial charge >= 0.3 is 5.97 Å². The molecule has 1 heterocycles. The van der Waals surface area contributed by atoms with Crippen LogP contribution in [0.4, 0.5) is 0 Å². The van der Waals surface area contributed by atoms with Gasteiger partial charge in [-0.3, -0.25) is 0 Å². The smallest absolute Gasteiger partial charge is 0.338 e. The Balaban J connectivity index is 2.05. The molecule has 0 saturated carbocycles. The lowest BCUT2D eigenvalue weighted by Gasteiger charge is -2.06. The number of hydrogen-bond acceptors (Lipinski definition) is 3. The predicted octanol–water partition coefficient (Wildman–Crippen LogP) is 2.95. The maximum atomic E-state index is 11.7. The summed E-state index contributed by atoms with van der Waals surface area (Å²) in [6.45, 7) is 7.91. The molecule has 0 aliphatic carbocycles. The molecule has 0 radical (unpaired) electrons. The standard InChI is InChI=1S/C15H20O3/c1-5-11-8-12(7-6-10(11)4)13-14(18-13)15(16)17-9(2)3/h6-9,13-14H,5H2,1-4H3. The first-order valence-corrected chi connectivity index (χ1v) is 6.48. The van der Waals surface area contributed by atoms with E-state index < -0.39 is 6.10 Å². The summed E-state index contributed by atoms with van der Waals surface area (Å²) >= 11 is 0. The number of hydrogen-bond donors (Lipinski definition) is 0. The van der Waals surface area contributed by atoms with Crippen LogP contribution in [0.5, 0.6) is 0 Å². The zero-order valence-corrected chi connectivity index (χ0v) is 11.4. The molecule has 0 bridgehead atoms. The van der Waals surface area contributed by atoms with Crippen LogP contribution in [-0.4, -0.2) is 18.2 Å². The molecular formula is C15H20O3. The fourth-order valence-electron chi connectivity index (χ4n) is 2.09. The van der Waals surface area contributed by atoms with Gasteiger partial charge in [-0.2, -0.15) is 0 Å². The van der Waals surface area contributed by atoms with E-state index in [0.29, 0.717) is 0 Å². The van der Waals surface area contributed by atoms with E-state index in [1.807, 2.05) is 19.9 Å². The Morgan fingerprint density at radius 2 is 2.17 bits per heavy atom.